The van der Waals surface area contributed by atoms with E-state index in [9.17, 15) is 9.59 Å². The molecule has 4 nitrogen and oxygen atoms in total. The first-order valence-corrected chi connectivity index (χ1v) is 11.9. The number of amides is 2. The van der Waals surface area contributed by atoms with Gasteiger partial charge in [-0.15, -0.1) is 11.8 Å². The lowest BCUT2D eigenvalue weighted by atomic mass is 9.98. The molecule has 1 aromatic rings. The quantitative estimate of drug-likeness (QED) is 0.747. The Morgan fingerprint density at radius 1 is 1.00 bits per heavy atom. The molecule has 152 valence electrons. The highest BCUT2D eigenvalue weighted by molar-refractivity contribution is 8.00. The van der Waals surface area contributed by atoms with Gasteiger partial charge in [0.2, 0.25) is 11.8 Å². The van der Waals surface area contributed by atoms with Gasteiger partial charge in [-0.05, 0) is 30.7 Å². The van der Waals surface area contributed by atoms with E-state index < -0.39 is 0 Å². The highest BCUT2D eigenvalue weighted by Crippen LogP contribution is 2.44. The first-order valence-electron chi connectivity index (χ1n) is 10.9. The smallest absolute Gasteiger partial charge is 0.226 e. The van der Waals surface area contributed by atoms with E-state index >= 15 is 0 Å². The highest BCUT2D eigenvalue weighted by Gasteiger charge is 2.46. The molecule has 0 radical (unpaired) electrons. The number of likely N-dealkylation sites (tertiary alicyclic amines) is 1. The van der Waals surface area contributed by atoms with Gasteiger partial charge in [0.1, 0.15) is 0 Å². The van der Waals surface area contributed by atoms with Crippen molar-refractivity contribution in [2.24, 2.45) is 5.92 Å². The number of benzene rings is 1. The van der Waals surface area contributed by atoms with Crippen LogP contribution in [-0.4, -0.2) is 51.9 Å². The number of hydrogen-bond acceptors (Lipinski definition) is 3. The van der Waals surface area contributed by atoms with Gasteiger partial charge in [0.05, 0.1) is 11.3 Å². The van der Waals surface area contributed by atoms with Crippen LogP contribution >= 0.6 is 11.8 Å². The molecule has 0 N–H and O–H groups in total. The average molecular weight is 401 g/mol. The SMILES string of the molecule is O=C(Cc1ccccc1)N1CCC2(CC1)SCCN2C(=O)CCC1CCCC1. The van der Waals surface area contributed by atoms with Gasteiger partial charge in [-0.2, -0.15) is 0 Å². The fourth-order valence-corrected chi connectivity index (χ4v) is 6.60. The predicted octanol–water partition coefficient (Wildman–Crippen LogP) is 4.09. The normalized spacial score (nSPS) is 22.1. The molecule has 0 unspecified atom stereocenters. The van der Waals surface area contributed by atoms with Crippen molar-refractivity contribution < 1.29 is 9.59 Å². The van der Waals surface area contributed by atoms with Gasteiger partial charge in [-0.25, -0.2) is 0 Å². The molecule has 3 aliphatic rings. The Bertz CT molecular complexity index is 679. The van der Waals surface area contributed by atoms with Crippen molar-refractivity contribution >= 4 is 23.6 Å². The number of hydrogen-bond donors (Lipinski definition) is 0. The molecule has 0 bridgehead atoms. The van der Waals surface area contributed by atoms with E-state index in [0.29, 0.717) is 18.7 Å². The van der Waals surface area contributed by atoms with Crippen LogP contribution in [0.25, 0.3) is 0 Å². The number of piperidine rings is 1. The van der Waals surface area contributed by atoms with Gasteiger partial charge in [-0.3, -0.25) is 9.59 Å². The zero-order valence-corrected chi connectivity index (χ0v) is 17.6. The Balaban J connectivity index is 1.30. The second-order valence-corrected chi connectivity index (χ2v) is 10.0. The van der Waals surface area contributed by atoms with Gasteiger partial charge in [0, 0.05) is 31.8 Å². The Morgan fingerprint density at radius 2 is 1.71 bits per heavy atom. The summed E-state index contributed by atoms with van der Waals surface area (Å²) in [6, 6.07) is 9.98. The molecule has 0 aromatic heterocycles. The third-order valence-corrected chi connectivity index (χ3v) is 8.37. The first kappa shape index (κ1) is 19.8. The molecule has 0 atom stereocenters. The molecule has 2 aliphatic heterocycles. The molecule has 1 spiro atoms. The molecule has 2 heterocycles. The first-order chi connectivity index (χ1) is 13.7. The van der Waals surface area contributed by atoms with Crippen LogP contribution in [0.1, 0.15) is 56.9 Å². The minimum absolute atomic E-state index is 0.0592. The Labute approximate surface area is 173 Å². The summed E-state index contributed by atoms with van der Waals surface area (Å²) in [5.41, 5.74) is 1.08. The van der Waals surface area contributed by atoms with Crippen molar-refractivity contribution in [3.8, 4) is 0 Å². The van der Waals surface area contributed by atoms with Crippen molar-refractivity contribution in [1.29, 1.82) is 0 Å². The van der Waals surface area contributed by atoms with Crippen molar-refractivity contribution in [3.63, 3.8) is 0 Å². The average Bonchev–Trinajstić information content (AvgIpc) is 3.38. The third kappa shape index (κ3) is 4.40. The Hall–Kier alpha value is -1.49. The van der Waals surface area contributed by atoms with E-state index in [4.69, 9.17) is 0 Å². The van der Waals surface area contributed by atoms with Gasteiger partial charge in [0.15, 0.2) is 0 Å². The fraction of sp³-hybridized carbons (Fsp3) is 0.652. The third-order valence-electron chi connectivity index (χ3n) is 6.82. The topological polar surface area (TPSA) is 40.6 Å². The second-order valence-electron chi connectivity index (χ2n) is 8.57. The minimum atomic E-state index is -0.0592. The summed E-state index contributed by atoms with van der Waals surface area (Å²) in [5.74, 6) is 2.37. The molecule has 2 saturated heterocycles. The molecule has 4 rings (SSSR count). The van der Waals surface area contributed by atoms with Crippen molar-refractivity contribution in [2.75, 3.05) is 25.4 Å². The lowest BCUT2D eigenvalue weighted by Gasteiger charge is -2.44. The number of rotatable bonds is 5. The number of carbonyl (C=O) groups excluding carboxylic acids is 2. The second kappa shape index (κ2) is 8.89. The molecule has 1 saturated carbocycles. The lowest BCUT2D eigenvalue weighted by Crippen LogP contribution is -2.53. The zero-order valence-electron chi connectivity index (χ0n) is 16.8. The maximum Gasteiger partial charge on any atom is 0.226 e. The Kier molecular flexibility index (Phi) is 6.29. The summed E-state index contributed by atoms with van der Waals surface area (Å²) in [4.78, 5) is 29.7. The van der Waals surface area contributed by atoms with Crippen molar-refractivity contribution in [3.05, 3.63) is 35.9 Å². The van der Waals surface area contributed by atoms with Crippen molar-refractivity contribution in [2.45, 2.75) is 62.7 Å². The monoisotopic (exact) mass is 400 g/mol. The van der Waals surface area contributed by atoms with Gasteiger partial charge < -0.3 is 9.80 Å². The van der Waals surface area contributed by atoms with Crippen LogP contribution in [0.5, 0.6) is 0 Å². The van der Waals surface area contributed by atoms with Crippen LogP contribution in [0, 0.1) is 5.92 Å². The molecule has 5 heteroatoms. The van der Waals surface area contributed by atoms with Crippen LogP contribution in [0.15, 0.2) is 30.3 Å². The van der Waals surface area contributed by atoms with E-state index in [1.807, 2.05) is 47.0 Å². The largest absolute Gasteiger partial charge is 0.342 e. The summed E-state index contributed by atoms with van der Waals surface area (Å²) in [7, 11) is 0. The molecule has 2 amide bonds. The summed E-state index contributed by atoms with van der Waals surface area (Å²) < 4.78 is 0. The van der Waals surface area contributed by atoms with E-state index in [2.05, 4.69) is 4.90 Å². The highest BCUT2D eigenvalue weighted by atomic mass is 32.2. The standard InChI is InChI=1S/C23H32N2O2S/c26-21(11-10-19-6-4-5-7-19)25-16-17-28-23(25)12-14-24(15-13-23)22(27)18-20-8-2-1-3-9-20/h1-3,8-9,19H,4-7,10-18H2. The van der Waals surface area contributed by atoms with Gasteiger partial charge in [-0.1, -0.05) is 56.0 Å². The predicted molar refractivity (Wildman–Crippen MR) is 114 cm³/mol. The number of nitrogens with zero attached hydrogens (tertiary/aromatic N) is 2. The van der Waals surface area contributed by atoms with Crippen LogP contribution in [0.2, 0.25) is 0 Å². The minimum Gasteiger partial charge on any atom is -0.342 e. The Morgan fingerprint density at radius 3 is 2.43 bits per heavy atom. The van der Waals surface area contributed by atoms with Crippen LogP contribution < -0.4 is 0 Å². The van der Waals surface area contributed by atoms with E-state index in [1.54, 1.807) is 0 Å². The number of thioether (sulfide) groups is 1. The van der Waals surface area contributed by atoms with Crippen LogP contribution in [-0.2, 0) is 16.0 Å². The van der Waals surface area contributed by atoms with E-state index in [1.165, 1.54) is 25.7 Å². The van der Waals surface area contributed by atoms with Gasteiger partial charge >= 0.3 is 0 Å². The molecular weight excluding hydrogens is 368 g/mol. The molecule has 1 aromatic carbocycles. The van der Waals surface area contributed by atoms with Crippen LogP contribution in [0.4, 0.5) is 0 Å². The van der Waals surface area contributed by atoms with Crippen LogP contribution in [0.3, 0.4) is 0 Å². The van der Waals surface area contributed by atoms with Gasteiger partial charge in [0.25, 0.3) is 0 Å². The maximum atomic E-state index is 13.0. The summed E-state index contributed by atoms with van der Waals surface area (Å²) in [6.45, 7) is 2.42. The summed E-state index contributed by atoms with van der Waals surface area (Å²) in [6.07, 6.45) is 9.38. The summed E-state index contributed by atoms with van der Waals surface area (Å²) in [5, 5.41) is 0. The number of carbonyl (C=O) groups is 2. The molecule has 3 fully saturated rings. The summed E-state index contributed by atoms with van der Waals surface area (Å²) >= 11 is 1.95. The molecule has 28 heavy (non-hydrogen) atoms. The van der Waals surface area contributed by atoms with E-state index in [-0.39, 0.29) is 10.8 Å². The fourth-order valence-electron chi connectivity index (χ4n) is 5.12. The van der Waals surface area contributed by atoms with E-state index in [0.717, 1.165) is 56.1 Å². The molecule has 1 aliphatic carbocycles. The zero-order chi connectivity index (χ0) is 19.4. The molecular formula is C23H32N2O2S. The van der Waals surface area contributed by atoms with Crippen molar-refractivity contribution in [1.82, 2.24) is 9.80 Å². The lowest BCUT2D eigenvalue weighted by molar-refractivity contribution is -0.137. The maximum absolute atomic E-state index is 13.0.